The van der Waals surface area contributed by atoms with Gasteiger partial charge >= 0.3 is 144 Å². The molecule has 2 heteroatoms. The summed E-state index contributed by atoms with van der Waals surface area (Å²) in [7, 11) is -2.38. The molecule has 0 radical (unpaired) electrons. The second-order valence-corrected chi connectivity index (χ2v) is 10.3. The average molecular weight is 339 g/mol. The van der Waals surface area contributed by atoms with Crippen LogP contribution in [0.5, 0.6) is 0 Å². The fraction of sp³-hybridized carbons (Fsp3) is 0.0476. The average Bonchev–Trinajstić information content (AvgIpc) is 2.65. The first-order valence-corrected chi connectivity index (χ1v) is 10.2. The van der Waals surface area contributed by atoms with Crippen molar-refractivity contribution in [2.24, 2.45) is 0 Å². The molecule has 0 spiro atoms. The number of halogens is 1. The molecule has 1 atom stereocenters. The van der Waals surface area contributed by atoms with Gasteiger partial charge in [0, 0.05) is 0 Å². The SMILES string of the molecule is C=CC(Cl)[PH](c1ccccc1)(c1ccccc1)c1ccccc1. The number of benzene rings is 3. The van der Waals surface area contributed by atoms with E-state index in [1.54, 1.807) is 0 Å². The molecule has 116 valence electrons. The Labute approximate surface area is 143 Å². The fourth-order valence-electron chi connectivity index (χ4n) is 3.26. The predicted molar refractivity (Wildman–Crippen MR) is 106 cm³/mol. The zero-order valence-electron chi connectivity index (χ0n) is 12.9. The Balaban J connectivity index is 2.38. The molecule has 3 rings (SSSR count). The molecule has 0 aromatic heterocycles. The van der Waals surface area contributed by atoms with Crippen molar-refractivity contribution in [1.29, 1.82) is 0 Å². The van der Waals surface area contributed by atoms with Crippen LogP contribution in [0.2, 0.25) is 0 Å². The minimum atomic E-state index is -2.38. The standard InChI is InChI=1S/C21H20ClP/c1-2-21(22)23(18-12-6-3-7-13-18,19-14-8-4-9-15-19)20-16-10-5-11-17-20/h2-17,21,23H,1H2. The second-order valence-electron chi connectivity index (χ2n) is 5.54. The van der Waals surface area contributed by atoms with Crippen molar-refractivity contribution in [2.75, 3.05) is 0 Å². The molecule has 0 nitrogen and oxygen atoms in total. The van der Waals surface area contributed by atoms with Crippen LogP contribution in [0.15, 0.2) is 104 Å². The summed E-state index contributed by atoms with van der Waals surface area (Å²) in [6.45, 7) is 4.01. The molecule has 0 bridgehead atoms. The van der Waals surface area contributed by atoms with Crippen LogP contribution >= 0.6 is 18.9 Å². The second kappa shape index (κ2) is 7.13. The van der Waals surface area contributed by atoms with E-state index in [4.69, 9.17) is 11.6 Å². The third kappa shape index (κ3) is 2.85. The van der Waals surface area contributed by atoms with E-state index in [-0.39, 0.29) is 5.12 Å². The van der Waals surface area contributed by atoms with E-state index in [0.717, 1.165) is 0 Å². The fourth-order valence-corrected chi connectivity index (χ4v) is 8.86. The third-order valence-electron chi connectivity index (χ3n) is 4.31. The van der Waals surface area contributed by atoms with Crippen LogP contribution in [-0.4, -0.2) is 5.12 Å². The van der Waals surface area contributed by atoms with E-state index in [0.29, 0.717) is 0 Å². The first-order valence-electron chi connectivity index (χ1n) is 7.73. The molecule has 0 saturated carbocycles. The molecule has 0 N–H and O–H groups in total. The molecular weight excluding hydrogens is 319 g/mol. The van der Waals surface area contributed by atoms with Crippen molar-refractivity contribution in [2.45, 2.75) is 5.12 Å². The van der Waals surface area contributed by atoms with Crippen LogP contribution in [0.25, 0.3) is 0 Å². The van der Waals surface area contributed by atoms with E-state index >= 15 is 0 Å². The van der Waals surface area contributed by atoms with Gasteiger partial charge in [0.25, 0.3) is 0 Å². The molecule has 0 amide bonds. The van der Waals surface area contributed by atoms with Gasteiger partial charge in [0.05, 0.1) is 0 Å². The Bertz CT molecular complexity index is 657. The van der Waals surface area contributed by atoms with Crippen LogP contribution < -0.4 is 15.9 Å². The Hall–Kier alpha value is -1.88. The Kier molecular flexibility index (Phi) is 4.96. The van der Waals surface area contributed by atoms with Crippen molar-refractivity contribution in [3.8, 4) is 0 Å². The summed E-state index contributed by atoms with van der Waals surface area (Å²) in [5, 5.41) is 3.78. The third-order valence-corrected chi connectivity index (χ3v) is 10.3. The van der Waals surface area contributed by atoms with Gasteiger partial charge in [0.2, 0.25) is 0 Å². The van der Waals surface area contributed by atoms with Gasteiger partial charge in [-0.3, -0.25) is 0 Å². The van der Waals surface area contributed by atoms with Gasteiger partial charge in [-0.15, -0.1) is 0 Å². The minimum absolute atomic E-state index is 0.130. The topological polar surface area (TPSA) is 0 Å². The van der Waals surface area contributed by atoms with Gasteiger partial charge in [0.1, 0.15) is 0 Å². The summed E-state index contributed by atoms with van der Waals surface area (Å²) in [4.78, 5) is 0. The molecule has 1 unspecified atom stereocenters. The maximum atomic E-state index is 6.94. The Morgan fingerprint density at radius 3 is 1.22 bits per heavy atom. The van der Waals surface area contributed by atoms with Crippen LogP contribution in [0.4, 0.5) is 0 Å². The summed E-state index contributed by atoms with van der Waals surface area (Å²) in [5.74, 6) is 0. The number of rotatable bonds is 5. The number of alkyl halides is 1. The summed E-state index contributed by atoms with van der Waals surface area (Å²) in [6.07, 6.45) is 1.89. The Morgan fingerprint density at radius 1 is 0.652 bits per heavy atom. The van der Waals surface area contributed by atoms with E-state index in [1.165, 1.54) is 15.9 Å². The molecule has 0 saturated heterocycles. The molecule has 3 aromatic rings. The molecule has 0 aliphatic rings. The van der Waals surface area contributed by atoms with Gasteiger partial charge in [-0.05, 0) is 0 Å². The zero-order valence-corrected chi connectivity index (χ0v) is 14.7. The predicted octanol–water partition coefficient (Wildman–Crippen LogP) is 4.46. The first kappa shape index (κ1) is 16.0. The van der Waals surface area contributed by atoms with Crippen molar-refractivity contribution < 1.29 is 0 Å². The summed E-state index contributed by atoms with van der Waals surface area (Å²) in [5.41, 5.74) is 0. The van der Waals surface area contributed by atoms with Crippen molar-refractivity contribution in [1.82, 2.24) is 0 Å². The van der Waals surface area contributed by atoms with Crippen molar-refractivity contribution in [3.63, 3.8) is 0 Å². The molecule has 0 aliphatic heterocycles. The maximum absolute atomic E-state index is 6.94. The zero-order chi connectivity index (χ0) is 16.1. The molecule has 23 heavy (non-hydrogen) atoms. The van der Waals surface area contributed by atoms with E-state index in [1.807, 2.05) is 6.08 Å². The first-order chi connectivity index (χ1) is 11.3. The van der Waals surface area contributed by atoms with Gasteiger partial charge in [-0.1, -0.05) is 0 Å². The summed E-state index contributed by atoms with van der Waals surface area (Å²) in [6, 6.07) is 31.9. The number of hydrogen-bond acceptors (Lipinski definition) is 0. The Morgan fingerprint density at radius 2 is 0.957 bits per heavy atom. The monoisotopic (exact) mass is 338 g/mol. The quantitative estimate of drug-likeness (QED) is 0.366. The van der Waals surface area contributed by atoms with Crippen LogP contribution in [0, 0.1) is 0 Å². The van der Waals surface area contributed by atoms with Crippen LogP contribution in [0.3, 0.4) is 0 Å². The van der Waals surface area contributed by atoms with Crippen molar-refractivity contribution >= 4 is 34.8 Å². The van der Waals surface area contributed by atoms with Crippen LogP contribution in [0.1, 0.15) is 0 Å². The van der Waals surface area contributed by atoms with E-state index in [9.17, 15) is 0 Å². The molecule has 3 aromatic carbocycles. The molecule has 0 aliphatic carbocycles. The molecule has 0 heterocycles. The van der Waals surface area contributed by atoms with Crippen molar-refractivity contribution in [3.05, 3.63) is 104 Å². The van der Waals surface area contributed by atoms with E-state index in [2.05, 4.69) is 97.6 Å². The van der Waals surface area contributed by atoms with Gasteiger partial charge in [-0.25, -0.2) is 0 Å². The van der Waals surface area contributed by atoms with Crippen LogP contribution in [-0.2, 0) is 0 Å². The molecular formula is C21H20ClP. The number of hydrogen-bond donors (Lipinski definition) is 0. The van der Waals surface area contributed by atoms with Gasteiger partial charge < -0.3 is 0 Å². The van der Waals surface area contributed by atoms with Gasteiger partial charge in [0.15, 0.2) is 0 Å². The number of allylic oxidation sites excluding steroid dienone is 1. The van der Waals surface area contributed by atoms with Gasteiger partial charge in [-0.2, -0.15) is 0 Å². The summed E-state index contributed by atoms with van der Waals surface area (Å²) >= 11 is 6.94. The molecule has 0 fully saturated rings. The van der Waals surface area contributed by atoms with E-state index < -0.39 is 7.26 Å². The normalized spacial score (nSPS) is 13.3. The summed E-state index contributed by atoms with van der Waals surface area (Å²) < 4.78 is 0.